The summed E-state index contributed by atoms with van der Waals surface area (Å²) < 4.78 is 33.2. The van der Waals surface area contributed by atoms with Crippen molar-refractivity contribution >= 4 is 38.9 Å². The molecule has 0 saturated carbocycles. The van der Waals surface area contributed by atoms with Crippen LogP contribution in [0.25, 0.3) is 0 Å². The maximum Gasteiger partial charge on any atom is 0.274 e. The first-order valence-electron chi connectivity index (χ1n) is 10.7. The van der Waals surface area contributed by atoms with Gasteiger partial charge in [-0.3, -0.25) is 14.9 Å². The minimum absolute atomic E-state index is 0.0332. The summed E-state index contributed by atoms with van der Waals surface area (Å²) in [4.78, 5) is 22.9. The lowest BCUT2D eigenvalue weighted by atomic mass is 10.0. The van der Waals surface area contributed by atoms with Crippen molar-refractivity contribution in [3.8, 4) is 5.75 Å². The van der Waals surface area contributed by atoms with Crippen LogP contribution in [0.2, 0.25) is 5.02 Å². The number of amides is 1. The highest BCUT2D eigenvalue weighted by Crippen LogP contribution is 2.31. The van der Waals surface area contributed by atoms with Crippen LogP contribution in [0.4, 0.5) is 11.4 Å². The van der Waals surface area contributed by atoms with Gasteiger partial charge in [-0.05, 0) is 48.7 Å². The standard InChI is InChI=1S/C24H22ClN3O6S/c1-16-21(7-4-8-22(16)28(30)31)26-24(29)15-34-23-10-9-19(13-20(23)25)35(32,33)27-12-11-17-5-2-3-6-18(17)14-27/h2-10,13H,11-12,14-15H2,1H3,(H,26,29). The number of anilines is 1. The topological polar surface area (TPSA) is 119 Å². The minimum Gasteiger partial charge on any atom is -0.482 e. The molecule has 9 nitrogen and oxygen atoms in total. The summed E-state index contributed by atoms with van der Waals surface area (Å²) in [6, 6.07) is 16.2. The second kappa shape index (κ2) is 10.0. The van der Waals surface area contributed by atoms with Gasteiger partial charge in [-0.1, -0.05) is 41.9 Å². The molecule has 0 aromatic heterocycles. The predicted octanol–water partition coefficient (Wildman–Crippen LogP) is 4.32. The Bertz CT molecular complexity index is 1410. The fourth-order valence-corrected chi connectivity index (χ4v) is 5.61. The van der Waals surface area contributed by atoms with E-state index in [1.54, 1.807) is 6.07 Å². The fourth-order valence-electron chi connectivity index (χ4n) is 3.87. The predicted molar refractivity (Wildman–Crippen MR) is 131 cm³/mol. The largest absolute Gasteiger partial charge is 0.482 e. The zero-order valence-corrected chi connectivity index (χ0v) is 20.3. The molecule has 1 heterocycles. The van der Waals surface area contributed by atoms with Gasteiger partial charge in [0.25, 0.3) is 11.6 Å². The Morgan fingerprint density at radius 1 is 1.14 bits per heavy atom. The van der Waals surface area contributed by atoms with Gasteiger partial charge in [0.1, 0.15) is 5.75 Å². The summed E-state index contributed by atoms with van der Waals surface area (Å²) in [5, 5.41) is 13.7. The van der Waals surface area contributed by atoms with Crippen molar-refractivity contribution < 1.29 is 22.9 Å². The number of nitro benzene ring substituents is 1. The molecule has 3 aromatic carbocycles. The highest BCUT2D eigenvalue weighted by atomic mass is 35.5. The average Bonchev–Trinajstić information content (AvgIpc) is 2.84. The SMILES string of the molecule is Cc1c(NC(=O)COc2ccc(S(=O)(=O)N3CCc4ccccc4C3)cc2Cl)cccc1[N+](=O)[O-]. The number of sulfonamides is 1. The molecule has 182 valence electrons. The van der Waals surface area contributed by atoms with E-state index in [1.165, 1.54) is 41.6 Å². The number of carbonyl (C=O) groups excluding carboxylic acids is 1. The number of hydrogen-bond donors (Lipinski definition) is 1. The molecule has 0 atom stereocenters. The number of nitrogens with zero attached hydrogens (tertiary/aromatic N) is 2. The molecule has 11 heteroatoms. The Labute approximate surface area is 207 Å². The second-order valence-electron chi connectivity index (χ2n) is 7.99. The van der Waals surface area contributed by atoms with Crippen molar-refractivity contribution in [3.63, 3.8) is 0 Å². The van der Waals surface area contributed by atoms with Crippen molar-refractivity contribution in [2.45, 2.75) is 24.8 Å². The van der Waals surface area contributed by atoms with E-state index in [9.17, 15) is 23.3 Å². The van der Waals surface area contributed by atoms with Gasteiger partial charge in [0.2, 0.25) is 10.0 Å². The maximum atomic E-state index is 13.2. The molecule has 0 aliphatic carbocycles. The Kier molecular flexibility index (Phi) is 7.06. The molecule has 0 fully saturated rings. The second-order valence-corrected chi connectivity index (χ2v) is 10.3. The maximum absolute atomic E-state index is 13.2. The van der Waals surface area contributed by atoms with Gasteiger partial charge in [0, 0.05) is 19.2 Å². The lowest BCUT2D eigenvalue weighted by Crippen LogP contribution is -2.35. The number of nitro groups is 1. The van der Waals surface area contributed by atoms with Crippen molar-refractivity contribution in [1.29, 1.82) is 0 Å². The van der Waals surface area contributed by atoms with Crippen LogP contribution in [0.3, 0.4) is 0 Å². The van der Waals surface area contributed by atoms with E-state index in [1.807, 2.05) is 24.3 Å². The van der Waals surface area contributed by atoms with Crippen LogP contribution < -0.4 is 10.1 Å². The van der Waals surface area contributed by atoms with Crippen molar-refractivity contribution in [2.75, 3.05) is 18.5 Å². The molecule has 0 radical (unpaired) electrons. The first-order chi connectivity index (χ1) is 16.7. The number of nitrogens with one attached hydrogen (secondary N) is 1. The van der Waals surface area contributed by atoms with Crippen LogP contribution in [0, 0.1) is 17.0 Å². The normalized spacial score (nSPS) is 13.7. The molecular weight excluding hydrogens is 494 g/mol. The zero-order chi connectivity index (χ0) is 25.2. The number of benzene rings is 3. The van der Waals surface area contributed by atoms with Gasteiger partial charge in [-0.25, -0.2) is 8.42 Å². The molecule has 35 heavy (non-hydrogen) atoms. The van der Waals surface area contributed by atoms with E-state index >= 15 is 0 Å². The van der Waals surface area contributed by atoms with Crippen LogP contribution in [-0.2, 0) is 27.8 Å². The quantitative estimate of drug-likeness (QED) is 0.369. The molecule has 4 rings (SSSR count). The Morgan fingerprint density at radius 3 is 2.60 bits per heavy atom. The molecule has 3 aromatic rings. The Hall–Kier alpha value is -3.47. The monoisotopic (exact) mass is 515 g/mol. The van der Waals surface area contributed by atoms with E-state index in [0.717, 1.165) is 11.1 Å². The summed E-state index contributed by atoms with van der Waals surface area (Å²) in [5.74, 6) is -0.408. The van der Waals surface area contributed by atoms with Gasteiger partial charge in [0.05, 0.1) is 26.1 Å². The highest BCUT2D eigenvalue weighted by Gasteiger charge is 2.29. The third-order valence-electron chi connectivity index (χ3n) is 5.77. The number of halogens is 1. The zero-order valence-electron chi connectivity index (χ0n) is 18.7. The van der Waals surface area contributed by atoms with Crippen molar-refractivity contribution in [2.24, 2.45) is 0 Å². The van der Waals surface area contributed by atoms with Crippen LogP contribution in [0.5, 0.6) is 5.75 Å². The van der Waals surface area contributed by atoms with Crippen LogP contribution in [-0.4, -0.2) is 36.7 Å². The van der Waals surface area contributed by atoms with Crippen molar-refractivity contribution in [3.05, 3.63) is 92.5 Å². The van der Waals surface area contributed by atoms with Gasteiger partial charge in [-0.2, -0.15) is 4.31 Å². The lowest BCUT2D eigenvalue weighted by Gasteiger charge is -2.28. The molecule has 1 N–H and O–H groups in total. The number of hydrogen-bond acceptors (Lipinski definition) is 6. The van der Waals surface area contributed by atoms with Gasteiger partial charge in [0.15, 0.2) is 6.61 Å². The molecule has 0 bridgehead atoms. The molecule has 1 amide bonds. The van der Waals surface area contributed by atoms with Crippen molar-refractivity contribution in [1.82, 2.24) is 4.31 Å². The average molecular weight is 516 g/mol. The van der Waals surface area contributed by atoms with E-state index in [2.05, 4.69) is 5.32 Å². The summed E-state index contributed by atoms with van der Waals surface area (Å²) >= 11 is 6.27. The number of rotatable bonds is 7. The molecule has 0 unspecified atom stereocenters. The summed E-state index contributed by atoms with van der Waals surface area (Å²) in [7, 11) is -3.77. The molecule has 1 aliphatic rings. The van der Waals surface area contributed by atoms with Crippen LogP contribution >= 0.6 is 11.6 Å². The minimum atomic E-state index is -3.77. The van der Waals surface area contributed by atoms with Gasteiger partial charge >= 0.3 is 0 Å². The summed E-state index contributed by atoms with van der Waals surface area (Å²) in [6.07, 6.45) is 0.628. The molecule has 1 aliphatic heterocycles. The van der Waals surface area contributed by atoms with E-state index in [4.69, 9.17) is 16.3 Å². The number of fused-ring (bicyclic) bond motifs is 1. The first-order valence-corrected chi connectivity index (χ1v) is 12.5. The van der Waals surface area contributed by atoms with Crippen LogP contribution in [0.1, 0.15) is 16.7 Å². The summed E-state index contributed by atoms with van der Waals surface area (Å²) in [6.45, 7) is 1.76. The number of ether oxygens (including phenoxy) is 1. The van der Waals surface area contributed by atoms with E-state index in [0.29, 0.717) is 24.2 Å². The molecular formula is C24H22ClN3O6S. The molecule has 0 spiro atoms. The highest BCUT2D eigenvalue weighted by molar-refractivity contribution is 7.89. The molecule has 0 saturated heterocycles. The van der Waals surface area contributed by atoms with Crippen LogP contribution in [0.15, 0.2) is 65.6 Å². The summed E-state index contributed by atoms with van der Waals surface area (Å²) in [5.41, 5.74) is 2.61. The van der Waals surface area contributed by atoms with Gasteiger partial charge < -0.3 is 10.1 Å². The Balaban J connectivity index is 1.42. The third kappa shape index (κ3) is 5.29. The smallest absolute Gasteiger partial charge is 0.274 e. The van der Waals surface area contributed by atoms with E-state index < -0.39 is 27.5 Å². The first kappa shape index (κ1) is 24.6. The number of carbonyl (C=O) groups is 1. The fraction of sp³-hybridized carbons (Fsp3) is 0.208. The third-order valence-corrected chi connectivity index (χ3v) is 7.91. The Morgan fingerprint density at radius 2 is 1.89 bits per heavy atom. The van der Waals surface area contributed by atoms with Gasteiger partial charge in [-0.15, -0.1) is 0 Å². The van der Waals surface area contributed by atoms with E-state index in [-0.39, 0.29) is 27.9 Å². The lowest BCUT2D eigenvalue weighted by molar-refractivity contribution is -0.385.